The smallest absolute Gasteiger partial charge is 0.223 e. The first-order valence-electron chi connectivity index (χ1n) is 7.73. The molecule has 0 radical (unpaired) electrons. The maximum atomic E-state index is 12.0. The second-order valence-electron chi connectivity index (χ2n) is 6.29. The summed E-state index contributed by atoms with van der Waals surface area (Å²) < 4.78 is 0. The fourth-order valence-corrected chi connectivity index (χ4v) is 3.46. The van der Waals surface area contributed by atoms with Crippen LogP contribution in [-0.2, 0) is 4.79 Å². The van der Waals surface area contributed by atoms with Crippen molar-refractivity contribution in [2.45, 2.75) is 44.1 Å². The van der Waals surface area contributed by atoms with Crippen LogP contribution >= 0.6 is 0 Å². The first-order valence-corrected chi connectivity index (χ1v) is 7.73. The van der Waals surface area contributed by atoms with E-state index in [-0.39, 0.29) is 12.0 Å². The van der Waals surface area contributed by atoms with E-state index < -0.39 is 0 Å². The Morgan fingerprint density at radius 1 is 1.10 bits per heavy atom. The lowest BCUT2D eigenvalue weighted by Gasteiger charge is -2.37. The molecule has 1 saturated carbocycles. The second-order valence-corrected chi connectivity index (χ2v) is 6.29. The Morgan fingerprint density at radius 3 is 2.35 bits per heavy atom. The van der Waals surface area contributed by atoms with Gasteiger partial charge in [-0.1, -0.05) is 30.3 Å². The zero-order valence-electron chi connectivity index (χ0n) is 11.9. The lowest BCUT2D eigenvalue weighted by molar-refractivity contribution is -0.142. The van der Waals surface area contributed by atoms with Gasteiger partial charge in [0.05, 0.1) is 6.10 Å². The van der Waals surface area contributed by atoms with Crippen LogP contribution in [0.2, 0.25) is 0 Å². The van der Waals surface area contributed by atoms with Gasteiger partial charge in [0.1, 0.15) is 0 Å². The summed E-state index contributed by atoms with van der Waals surface area (Å²) in [6.45, 7) is 1.08. The lowest BCUT2D eigenvalue weighted by Crippen LogP contribution is -2.53. The van der Waals surface area contributed by atoms with E-state index in [2.05, 4.69) is 30.3 Å². The number of aliphatic hydroxyl groups excluding tert-OH is 1. The molecular formula is C17H23NO2. The van der Waals surface area contributed by atoms with Crippen molar-refractivity contribution in [3.05, 3.63) is 35.9 Å². The normalized spacial score (nSPS) is 27.1. The lowest BCUT2D eigenvalue weighted by atomic mass is 9.77. The van der Waals surface area contributed by atoms with E-state index >= 15 is 0 Å². The zero-order valence-corrected chi connectivity index (χ0v) is 11.9. The van der Waals surface area contributed by atoms with Crippen molar-refractivity contribution in [1.82, 2.24) is 4.90 Å². The van der Waals surface area contributed by atoms with E-state index in [0.717, 1.165) is 12.8 Å². The first kappa shape index (κ1) is 13.6. The summed E-state index contributed by atoms with van der Waals surface area (Å²) >= 11 is 0. The molecule has 2 fully saturated rings. The highest BCUT2D eigenvalue weighted by molar-refractivity contribution is 5.77. The Balaban J connectivity index is 1.46. The molecule has 1 amide bonds. The van der Waals surface area contributed by atoms with Gasteiger partial charge >= 0.3 is 0 Å². The van der Waals surface area contributed by atoms with E-state index in [1.54, 1.807) is 4.90 Å². The van der Waals surface area contributed by atoms with Crippen LogP contribution in [0.1, 0.15) is 43.6 Å². The minimum Gasteiger partial charge on any atom is -0.389 e. The van der Waals surface area contributed by atoms with Gasteiger partial charge in [0.15, 0.2) is 0 Å². The van der Waals surface area contributed by atoms with Gasteiger partial charge in [0.25, 0.3) is 0 Å². The van der Waals surface area contributed by atoms with Gasteiger partial charge in [-0.15, -0.1) is 0 Å². The number of carbonyl (C=O) groups excluding carboxylic acids is 1. The summed E-state index contributed by atoms with van der Waals surface area (Å²) in [5, 5.41) is 9.24. The standard InChI is InChI=1S/C17H23NO2/c19-16-11-18(12-16)17(20)10-13-6-8-15(9-7-13)14-4-2-1-3-5-14/h1-5,13,15-16,19H,6-12H2. The van der Waals surface area contributed by atoms with Crippen molar-refractivity contribution in [3.8, 4) is 0 Å². The first-order chi connectivity index (χ1) is 9.72. The highest BCUT2D eigenvalue weighted by Crippen LogP contribution is 2.37. The number of hydrogen-bond donors (Lipinski definition) is 1. The van der Waals surface area contributed by atoms with Gasteiger partial charge in [-0.2, -0.15) is 0 Å². The molecule has 1 aromatic rings. The minimum atomic E-state index is -0.284. The van der Waals surface area contributed by atoms with Crippen LogP contribution in [0.5, 0.6) is 0 Å². The molecule has 1 N–H and O–H groups in total. The van der Waals surface area contributed by atoms with Crippen LogP contribution in [0.4, 0.5) is 0 Å². The average Bonchev–Trinajstić information content (AvgIpc) is 2.45. The molecule has 0 bridgehead atoms. The average molecular weight is 273 g/mol. The van der Waals surface area contributed by atoms with E-state index in [1.165, 1.54) is 18.4 Å². The monoisotopic (exact) mass is 273 g/mol. The van der Waals surface area contributed by atoms with Crippen molar-refractivity contribution in [2.24, 2.45) is 5.92 Å². The fourth-order valence-electron chi connectivity index (χ4n) is 3.46. The molecule has 1 aliphatic carbocycles. The summed E-state index contributed by atoms with van der Waals surface area (Å²) in [5.74, 6) is 1.45. The van der Waals surface area contributed by atoms with Gasteiger partial charge in [0.2, 0.25) is 5.91 Å². The highest BCUT2D eigenvalue weighted by Gasteiger charge is 2.31. The zero-order chi connectivity index (χ0) is 13.9. The Kier molecular flexibility index (Phi) is 4.06. The predicted molar refractivity (Wildman–Crippen MR) is 78.3 cm³/mol. The molecule has 3 nitrogen and oxygen atoms in total. The summed E-state index contributed by atoms with van der Waals surface area (Å²) in [6, 6.07) is 10.7. The van der Waals surface area contributed by atoms with Crippen LogP contribution in [0.15, 0.2) is 30.3 Å². The molecule has 1 aliphatic heterocycles. The summed E-state index contributed by atoms with van der Waals surface area (Å²) in [5.41, 5.74) is 1.45. The Labute approximate surface area is 120 Å². The molecule has 0 spiro atoms. The topological polar surface area (TPSA) is 40.5 Å². The largest absolute Gasteiger partial charge is 0.389 e. The molecular weight excluding hydrogens is 250 g/mol. The number of nitrogens with zero attached hydrogens (tertiary/aromatic N) is 1. The maximum Gasteiger partial charge on any atom is 0.223 e. The molecule has 2 aliphatic rings. The van der Waals surface area contributed by atoms with Crippen molar-refractivity contribution >= 4 is 5.91 Å². The van der Waals surface area contributed by atoms with E-state index in [4.69, 9.17) is 0 Å². The number of benzene rings is 1. The number of amides is 1. The third-order valence-electron chi connectivity index (χ3n) is 4.80. The molecule has 1 aromatic carbocycles. The minimum absolute atomic E-state index is 0.235. The quantitative estimate of drug-likeness (QED) is 0.919. The summed E-state index contributed by atoms with van der Waals surface area (Å²) in [4.78, 5) is 13.8. The number of β-amino-alcohol motifs (C(OH)–C–C–N with tert-alkyl or cyclic N) is 1. The van der Waals surface area contributed by atoms with E-state index in [1.807, 2.05) is 0 Å². The van der Waals surface area contributed by atoms with Gasteiger partial charge in [0, 0.05) is 19.5 Å². The van der Waals surface area contributed by atoms with Crippen molar-refractivity contribution < 1.29 is 9.90 Å². The highest BCUT2D eigenvalue weighted by atomic mass is 16.3. The Hall–Kier alpha value is -1.35. The second kappa shape index (κ2) is 5.96. The van der Waals surface area contributed by atoms with E-state index in [9.17, 15) is 9.90 Å². The van der Waals surface area contributed by atoms with Gasteiger partial charge in [-0.25, -0.2) is 0 Å². The van der Waals surface area contributed by atoms with Crippen molar-refractivity contribution in [3.63, 3.8) is 0 Å². The van der Waals surface area contributed by atoms with Crippen LogP contribution < -0.4 is 0 Å². The van der Waals surface area contributed by atoms with Gasteiger partial charge in [-0.05, 0) is 43.1 Å². The van der Waals surface area contributed by atoms with Crippen LogP contribution in [-0.4, -0.2) is 35.1 Å². The number of likely N-dealkylation sites (tertiary alicyclic amines) is 1. The molecule has 0 unspecified atom stereocenters. The number of carbonyl (C=O) groups is 1. The molecule has 20 heavy (non-hydrogen) atoms. The molecule has 0 aromatic heterocycles. The molecule has 3 rings (SSSR count). The fraction of sp³-hybridized carbons (Fsp3) is 0.588. The molecule has 3 heteroatoms. The van der Waals surface area contributed by atoms with Crippen LogP contribution in [0.3, 0.4) is 0 Å². The molecule has 108 valence electrons. The number of hydrogen-bond acceptors (Lipinski definition) is 2. The van der Waals surface area contributed by atoms with Crippen molar-refractivity contribution in [2.75, 3.05) is 13.1 Å². The number of rotatable bonds is 3. The third-order valence-corrected chi connectivity index (χ3v) is 4.80. The summed E-state index contributed by atoms with van der Waals surface area (Å²) in [6.07, 6.45) is 5.10. The van der Waals surface area contributed by atoms with Crippen molar-refractivity contribution in [1.29, 1.82) is 0 Å². The third kappa shape index (κ3) is 3.04. The summed E-state index contributed by atoms with van der Waals surface area (Å²) in [7, 11) is 0. The van der Waals surface area contributed by atoms with Gasteiger partial charge < -0.3 is 10.0 Å². The predicted octanol–water partition coefficient (Wildman–Crippen LogP) is 2.55. The molecule has 1 saturated heterocycles. The molecule has 0 atom stereocenters. The van der Waals surface area contributed by atoms with Gasteiger partial charge in [-0.3, -0.25) is 4.79 Å². The number of aliphatic hydroxyl groups is 1. The SMILES string of the molecule is O=C(CC1CCC(c2ccccc2)CC1)N1CC(O)C1. The Bertz CT molecular complexity index is 445. The van der Waals surface area contributed by atoms with Crippen LogP contribution in [0, 0.1) is 5.92 Å². The molecule has 1 heterocycles. The Morgan fingerprint density at radius 2 is 1.75 bits per heavy atom. The van der Waals surface area contributed by atoms with Crippen LogP contribution in [0.25, 0.3) is 0 Å². The van der Waals surface area contributed by atoms with E-state index in [0.29, 0.717) is 31.3 Å². The maximum absolute atomic E-state index is 12.0.